The summed E-state index contributed by atoms with van der Waals surface area (Å²) in [7, 11) is 0. The quantitative estimate of drug-likeness (QED) is 0.618. The number of esters is 1. The van der Waals surface area contributed by atoms with Gasteiger partial charge >= 0.3 is 5.97 Å². The van der Waals surface area contributed by atoms with E-state index < -0.39 is 6.10 Å². The van der Waals surface area contributed by atoms with Crippen LogP contribution in [0.2, 0.25) is 0 Å². The first-order valence-electron chi connectivity index (χ1n) is 5.96. The van der Waals surface area contributed by atoms with Gasteiger partial charge in [0.05, 0.1) is 19.1 Å². The number of nitrogens with two attached hydrogens (primary N) is 1. The van der Waals surface area contributed by atoms with Gasteiger partial charge in [-0.1, -0.05) is 0 Å². The fourth-order valence-corrected chi connectivity index (χ4v) is 1.71. The molecule has 1 aliphatic heterocycles. The van der Waals surface area contributed by atoms with Gasteiger partial charge in [-0.05, 0) is 19.8 Å². The van der Waals surface area contributed by atoms with Crippen LogP contribution in [-0.4, -0.2) is 43.8 Å². The molecule has 1 fully saturated rings. The first-order valence-corrected chi connectivity index (χ1v) is 5.96. The standard InChI is InChI=1S/C11H20N2O4/c1-2-16-10(14)5-6-13-11(15)9-4-3-8(7-12)17-9/h8-9H,2-7,12H2,1H3,(H,13,15)/t8-,9+/m1/s1. The summed E-state index contributed by atoms with van der Waals surface area (Å²) in [5, 5.41) is 2.65. The Morgan fingerprint density at radius 3 is 2.82 bits per heavy atom. The van der Waals surface area contributed by atoms with Crippen LogP contribution in [-0.2, 0) is 19.1 Å². The van der Waals surface area contributed by atoms with Crippen LogP contribution in [0.5, 0.6) is 0 Å². The maximum atomic E-state index is 11.6. The van der Waals surface area contributed by atoms with Gasteiger partial charge in [-0.15, -0.1) is 0 Å². The molecule has 0 bridgehead atoms. The Morgan fingerprint density at radius 2 is 2.24 bits per heavy atom. The minimum Gasteiger partial charge on any atom is -0.466 e. The van der Waals surface area contributed by atoms with E-state index in [1.165, 1.54) is 0 Å². The summed E-state index contributed by atoms with van der Waals surface area (Å²) in [6, 6.07) is 0. The topological polar surface area (TPSA) is 90.7 Å². The van der Waals surface area contributed by atoms with E-state index in [4.69, 9.17) is 15.2 Å². The third-order valence-corrected chi connectivity index (χ3v) is 2.60. The monoisotopic (exact) mass is 244 g/mol. The molecule has 1 aliphatic rings. The SMILES string of the molecule is CCOC(=O)CCNC(=O)[C@@H]1CC[C@H](CN)O1. The van der Waals surface area contributed by atoms with Crippen molar-refractivity contribution in [1.29, 1.82) is 0 Å². The zero-order valence-corrected chi connectivity index (χ0v) is 10.1. The van der Waals surface area contributed by atoms with Gasteiger partial charge in [0.25, 0.3) is 0 Å². The van der Waals surface area contributed by atoms with Crippen molar-refractivity contribution in [2.45, 2.75) is 38.4 Å². The summed E-state index contributed by atoms with van der Waals surface area (Å²) in [4.78, 5) is 22.6. The van der Waals surface area contributed by atoms with Gasteiger partial charge < -0.3 is 20.5 Å². The molecule has 0 aromatic heterocycles. The van der Waals surface area contributed by atoms with Gasteiger partial charge in [0.15, 0.2) is 0 Å². The fraction of sp³-hybridized carbons (Fsp3) is 0.818. The van der Waals surface area contributed by atoms with E-state index in [9.17, 15) is 9.59 Å². The van der Waals surface area contributed by atoms with Gasteiger partial charge in [-0.3, -0.25) is 9.59 Å². The van der Waals surface area contributed by atoms with Crippen molar-refractivity contribution in [3.8, 4) is 0 Å². The van der Waals surface area contributed by atoms with Crippen LogP contribution in [0, 0.1) is 0 Å². The van der Waals surface area contributed by atoms with Crippen molar-refractivity contribution in [2.75, 3.05) is 19.7 Å². The number of hydrogen-bond acceptors (Lipinski definition) is 5. The van der Waals surface area contributed by atoms with E-state index in [2.05, 4.69) is 5.32 Å². The molecule has 17 heavy (non-hydrogen) atoms. The summed E-state index contributed by atoms with van der Waals surface area (Å²) in [6.45, 7) is 2.82. The van der Waals surface area contributed by atoms with Gasteiger partial charge in [-0.25, -0.2) is 0 Å². The highest BCUT2D eigenvalue weighted by atomic mass is 16.5. The van der Waals surface area contributed by atoms with Crippen molar-refractivity contribution in [3.63, 3.8) is 0 Å². The third kappa shape index (κ3) is 4.70. The van der Waals surface area contributed by atoms with E-state index in [1.54, 1.807) is 6.92 Å². The number of carbonyl (C=O) groups excluding carboxylic acids is 2. The zero-order chi connectivity index (χ0) is 12.7. The lowest BCUT2D eigenvalue weighted by Gasteiger charge is -2.12. The predicted molar refractivity (Wildman–Crippen MR) is 61.2 cm³/mol. The molecule has 3 N–H and O–H groups in total. The average Bonchev–Trinajstić information content (AvgIpc) is 2.77. The summed E-state index contributed by atoms with van der Waals surface area (Å²) in [6.07, 6.45) is 1.24. The molecule has 1 heterocycles. The van der Waals surface area contributed by atoms with E-state index >= 15 is 0 Å². The van der Waals surface area contributed by atoms with E-state index in [-0.39, 0.29) is 30.9 Å². The lowest BCUT2D eigenvalue weighted by molar-refractivity contribution is -0.143. The van der Waals surface area contributed by atoms with E-state index in [0.29, 0.717) is 19.6 Å². The Bertz CT molecular complexity index is 270. The second kappa shape index (κ2) is 7.24. The number of hydrogen-bond donors (Lipinski definition) is 2. The van der Waals surface area contributed by atoms with E-state index in [0.717, 1.165) is 6.42 Å². The first kappa shape index (κ1) is 13.9. The molecular weight excluding hydrogens is 224 g/mol. The molecule has 0 aliphatic carbocycles. The number of rotatable bonds is 6. The highest BCUT2D eigenvalue weighted by molar-refractivity contribution is 5.81. The van der Waals surface area contributed by atoms with Crippen molar-refractivity contribution in [1.82, 2.24) is 5.32 Å². The normalized spacial score (nSPS) is 23.4. The van der Waals surface area contributed by atoms with Gasteiger partial charge in [0.1, 0.15) is 6.10 Å². The minimum absolute atomic E-state index is 0.0178. The Labute approximate surface area is 101 Å². The van der Waals surface area contributed by atoms with Gasteiger partial charge in [-0.2, -0.15) is 0 Å². The number of ether oxygens (including phenoxy) is 2. The van der Waals surface area contributed by atoms with Crippen LogP contribution in [0.15, 0.2) is 0 Å². The zero-order valence-electron chi connectivity index (χ0n) is 10.1. The second-order valence-electron chi connectivity index (χ2n) is 3.91. The molecule has 6 heteroatoms. The minimum atomic E-state index is -0.425. The molecule has 2 atom stereocenters. The molecule has 0 spiro atoms. The van der Waals surface area contributed by atoms with Crippen LogP contribution >= 0.6 is 0 Å². The second-order valence-corrected chi connectivity index (χ2v) is 3.91. The Morgan fingerprint density at radius 1 is 1.47 bits per heavy atom. The number of amides is 1. The van der Waals surface area contributed by atoms with Crippen LogP contribution in [0.3, 0.4) is 0 Å². The highest BCUT2D eigenvalue weighted by Gasteiger charge is 2.29. The molecule has 0 radical (unpaired) electrons. The molecule has 1 rings (SSSR count). The summed E-state index contributed by atoms with van der Waals surface area (Å²) >= 11 is 0. The third-order valence-electron chi connectivity index (χ3n) is 2.60. The number of nitrogens with one attached hydrogen (secondary N) is 1. The van der Waals surface area contributed by atoms with Crippen LogP contribution < -0.4 is 11.1 Å². The van der Waals surface area contributed by atoms with Crippen molar-refractivity contribution < 1.29 is 19.1 Å². The molecule has 1 amide bonds. The van der Waals surface area contributed by atoms with Gasteiger partial charge in [0.2, 0.25) is 5.91 Å². The van der Waals surface area contributed by atoms with E-state index in [1.807, 2.05) is 0 Å². The Balaban J connectivity index is 2.15. The van der Waals surface area contributed by atoms with Crippen LogP contribution in [0.25, 0.3) is 0 Å². The van der Waals surface area contributed by atoms with Crippen molar-refractivity contribution in [2.24, 2.45) is 5.73 Å². The molecule has 0 aromatic carbocycles. The molecule has 0 aromatic rings. The van der Waals surface area contributed by atoms with Crippen molar-refractivity contribution in [3.05, 3.63) is 0 Å². The highest BCUT2D eigenvalue weighted by Crippen LogP contribution is 2.18. The molecular formula is C11H20N2O4. The molecule has 98 valence electrons. The smallest absolute Gasteiger partial charge is 0.307 e. The lowest BCUT2D eigenvalue weighted by atomic mass is 10.2. The summed E-state index contributed by atoms with van der Waals surface area (Å²) < 4.78 is 10.2. The fourth-order valence-electron chi connectivity index (χ4n) is 1.71. The maximum Gasteiger partial charge on any atom is 0.307 e. The predicted octanol–water partition coefficient (Wildman–Crippen LogP) is -0.438. The molecule has 1 saturated heterocycles. The van der Waals surface area contributed by atoms with Crippen LogP contribution in [0.4, 0.5) is 0 Å². The Hall–Kier alpha value is -1.14. The maximum absolute atomic E-state index is 11.6. The first-order chi connectivity index (χ1) is 8.17. The molecule has 0 saturated carbocycles. The lowest BCUT2D eigenvalue weighted by Crippen LogP contribution is -2.36. The molecule has 6 nitrogen and oxygen atoms in total. The molecule has 0 unspecified atom stereocenters. The number of carbonyl (C=O) groups is 2. The van der Waals surface area contributed by atoms with Crippen LogP contribution in [0.1, 0.15) is 26.2 Å². The van der Waals surface area contributed by atoms with Crippen molar-refractivity contribution >= 4 is 11.9 Å². The average molecular weight is 244 g/mol. The van der Waals surface area contributed by atoms with Gasteiger partial charge in [0, 0.05) is 13.1 Å². The Kier molecular flexibility index (Phi) is 5.93. The summed E-state index contributed by atoms with van der Waals surface area (Å²) in [5.41, 5.74) is 5.45. The largest absolute Gasteiger partial charge is 0.466 e. The summed E-state index contributed by atoms with van der Waals surface area (Å²) in [5.74, 6) is -0.481.